The van der Waals surface area contributed by atoms with Crippen LogP contribution < -0.4 is 11.2 Å². The van der Waals surface area contributed by atoms with Crippen molar-refractivity contribution in [3.63, 3.8) is 0 Å². The minimum absolute atomic E-state index is 0.0320. The van der Waals surface area contributed by atoms with Crippen molar-refractivity contribution < 1.29 is 22.6 Å². The van der Waals surface area contributed by atoms with Gasteiger partial charge in [-0.2, -0.15) is 23.0 Å². The van der Waals surface area contributed by atoms with Crippen molar-refractivity contribution in [2.24, 2.45) is 5.10 Å². The van der Waals surface area contributed by atoms with E-state index in [2.05, 4.69) is 35.8 Å². The van der Waals surface area contributed by atoms with Gasteiger partial charge in [0.1, 0.15) is 5.69 Å². The fraction of sp³-hybridized carbons (Fsp3) is 0.100. The summed E-state index contributed by atoms with van der Waals surface area (Å²) >= 11 is 0. The molecule has 10 nitrogen and oxygen atoms in total. The Labute approximate surface area is 183 Å². The topological polar surface area (TPSA) is 137 Å². The molecule has 0 aliphatic carbocycles. The van der Waals surface area contributed by atoms with Gasteiger partial charge in [-0.05, 0) is 34.9 Å². The number of aryl methyl sites for hydroxylation is 1. The number of benzene rings is 2. The van der Waals surface area contributed by atoms with Gasteiger partial charge in [-0.1, -0.05) is 47.2 Å². The van der Waals surface area contributed by atoms with E-state index in [-0.39, 0.29) is 28.6 Å². The molecule has 0 unspecified atom stereocenters. The smallest absolute Gasteiger partial charge is 0.378 e. The molecule has 13 heteroatoms. The molecule has 2 heterocycles. The van der Waals surface area contributed by atoms with Gasteiger partial charge >= 0.3 is 6.18 Å². The van der Waals surface area contributed by atoms with Crippen LogP contribution in [0.3, 0.4) is 0 Å². The maximum atomic E-state index is 12.9. The van der Waals surface area contributed by atoms with Crippen molar-refractivity contribution >= 4 is 17.9 Å². The molecule has 33 heavy (non-hydrogen) atoms. The van der Waals surface area contributed by atoms with Crippen LogP contribution in [0, 0.1) is 6.92 Å². The van der Waals surface area contributed by atoms with Crippen molar-refractivity contribution in [3.8, 4) is 17.1 Å². The number of nitrogens with two attached hydrogens (primary N) is 1. The first-order chi connectivity index (χ1) is 15.7. The third kappa shape index (κ3) is 4.56. The molecule has 0 saturated heterocycles. The Morgan fingerprint density at radius 2 is 1.94 bits per heavy atom. The van der Waals surface area contributed by atoms with Gasteiger partial charge in [-0.15, -0.1) is 5.10 Å². The first-order valence-corrected chi connectivity index (χ1v) is 9.36. The van der Waals surface area contributed by atoms with Gasteiger partial charge in [-0.25, -0.2) is 10.1 Å². The minimum Gasteiger partial charge on any atom is -0.378 e. The molecule has 0 fully saturated rings. The lowest BCUT2D eigenvalue weighted by atomic mass is 10.1. The molecule has 0 spiro atoms. The van der Waals surface area contributed by atoms with E-state index in [1.165, 1.54) is 16.8 Å². The van der Waals surface area contributed by atoms with Crippen LogP contribution >= 0.6 is 0 Å². The molecule has 0 atom stereocenters. The van der Waals surface area contributed by atoms with E-state index in [1.807, 2.05) is 19.1 Å². The van der Waals surface area contributed by atoms with Gasteiger partial charge in [0.2, 0.25) is 11.6 Å². The molecular formula is C20H15F3N8O2. The van der Waals surface area contributed by atoms with E-state index in [1.54, 1.807) is 12.1 Å². The summed E-state index contributed by atoms with van der Waals surface area (Å²) in [5, 5.41) is 18.8. The van der Waals surface area contributed by atoms with Crippen molar-refractivity contribution in [3.05, 3.63) is 70.9 Å². The highest BCUT2D eigenvalue weighted by Gasteiger charge is 2.30. The Bertz CT molecular complexity index is 1330. The van der Waals surface area contributed by atoms with Gasteiger partial charge < -0.3 is 5.73 Å². The summed E-state index contributed by atoms with van der Waals surface area (Å²) in [6.45, 7) is 1.90. The zero-order valence-corrected chi connectivity index (χ0v) is 16.9. The lowest BCUT2D eigenvalue weighted by Gasteiger charge is -2.07. The van der Waals surface area contributed by atoms with E-state index >= 15 is 0 Å². The first-order valence-electron chi connectivity index (χ1n) is 9.36. The maximum absolute atomic E-state index is 12.9. The number of nitrogens with one attached hydrogen (secondary N) is 1. The zero-order chi connectivity index (χ0) is 23.6. The molecule has 1 amide bonds. The average molecular weight is 456 g/mol. The molecule has 0 bridgehead atoms. The fourth-order valence-corrected chi connectivity index (χ4v) is 2.90. The predicted molar refractivity (Wildman–Crippen MR) is 110 cm³/mol. The number of nitrogens with zero attached hydrogens (tertiary/aromatic N) is 6. The highest BCUT2D eigenvalue weighted by Crippen LogP contribution is 2.29. The van der Waals surface area contributed by atoms with Gasteiger partial charge in [0.25, 0.3) is 5.91 Å². The molecule has 0 aliphatic heterocycles. The summed E-state index contributed by atoms with van der Waals surface area (Å²) in [7, 11) is 0. The van der Waals surface area contributed by atoms with E-state index in [9.17, 15) is 18.0 Å². The Hall–Kier alpha value is -4.55. The summed E-state index contributed by atoms with van der Waals surface area (Å²) < 4.78 is 44.4. The number of hydrogen-bond acceptors (Lipinski definition) is 8. The summed E-state index contributed by atoms with van der Waals surface area (Å²) in [6, 6.07) is 11.6. The molecule has 4 rings (SSSR count). The van der Waals surface area contributed by atoms with Crippen molar-refractivity contribution in [1.82, 2.24) is 30.7 Å². The van der Waals surface area contributed by atoms with Gasteiger partial charge in [-0.3, -0.25) is 4.79 Å². The first kappa shape index (κ1) is 21.7. The van der Waals surface area contributed by atoms with Crippen LogP contribution in [0.25, 0.3) is 17.1 Å². The molecule has 2 aromatic carbocycles. The zero-order valence-electron chi connectivity index (χ0n) is 16.9. The van der Waals surface area contributed by atoms with Gasteiger partial charge in [0.15, 0.2) is 5.69 Å². The van der Waals surface area contributed by atoms with Crippen molar-refractivity contribution in [2.75, 3.05) is 5.73 Å². The number of alkyl halides is 3. The Kier molecular flexibility index (Phi) is 5.60. The lowest BCUT2D eigenvalue weighted by molar-refractivity contribution is -0.137. The third-order valence-electron chi connectivity index (χ3n) is 4.50. The van der Waals surface area contributed by atoms with Crippen LogP contribution in [0.4, 0.5) is 19.0 Å². The summed E-state index contributed by atoms with van der Waals surface area (Å²) in [5.41, 5.74) is 8.98. The molecule has 0 saturated carbocycles. The quantitative estimate of drug-likeness (QED) is 0.348. The monoisotopic (exact) mass is 456 g/mol. The van der Waals surface area contributed by atoms with E-state index in [0.29, 0.717) is 5.56 Å². The Balaban J connectivity index is 1.64. The molecule has 4 aromatic rings. The van der Waals surface area contributed by atoms with Gasteiger partial charge in [0, 0.05) is 5.56 Å². The summed E-state index contributed by atoms with van der Waals surface area (Å²) in [6.07, 6.45) is -3.41. The highest BCUT2D eigenvalue weighted by atomic mass is 19.4. The average Bonchev–Trinajstić information content (AvgIpc) is 3.40. The van der Waals surface area contributed by atoms with Crippen LogP contribution in [-0.2, 0) is 6.18 Å². The van der Waals surface area contributed by atoms with Crippen molar-refractivity contribution in [2.45, 2.75) is 13.1 Å². The normalized spacial score (nSPS) is 11.8. The second-order valence-electron chi connectivity index (χ2n) is 6.86. The van der Waals surface area contributed by atoms with Crippen LogP contribution in [0.2, 0.25) is 0 Å². The largest absolute Gasteiger partial charge is 0.416 e. The molecule has 0 aliphatic rings. The minimum atomic E-state index is -4.49. The van der Waals surface area contributed by atoms with Crippen LogP contribution in [0.5, 0.6) is 0 Å². The Morgan fingerprint density at radius 1 is 1.18 bits per heavy atom. The van der Waals surface area contributed by atoms with E-state index in [4.69, 9.17) is 5.73 Å². The second kappa shape index (κ2) is 8.53. The number of halogens is 3. The Morgan fingerprint density at radius 3 is 2.61 bits per heavy atom. The number of nitrogen functional groups attached to an aromatic ring is 1. The fourth-order valence-electron chi connectivity index (χ4n) is 2.90. The molecule has 2 aromatic heterocycles. The molecule has 3 N–H and O–H groups in total. The molecule has 168 valence electrons. The second-order valence-corrected chi connectivity index (χ2v) is 6.86. The van der Waals surface area contributed by atoms with Crippen LogP contribution in [0.1, 0.15) is 27.2 Å². The number of amides is 1. The number of rotatable bonds is 5. The van der Waals surface area contributed by atoms with E-state index in [0.717, 1.165) is 23.9 Å². The number of hydrogen-bond donors (Lipinski definition) is 2. The number of carbonyl (C=O) groups excluding carboxylic acids is 1. The third-order valence-corrected chi connectivity index (χ3v) is 4.50. The van der Waals surface area contributed by atoms with Crippen LogP contribution in [0.15, 0.2) is 58.3 Å². The summed E-state index contributed by atoms with van der Waals surface area (Å²) in [4.78, 5) is 12.8. The standard InChI is InChI=1S/C20H15F3N8O2/c1-11-5-7-13(8-6-11)16-15(26-30-31(16)18-17(24)28-33-29-18)19(32)27-25-10-12-3-2-4-14(9-12)20(21,22)23/h2-10H,1H3,(H2,24,28)(H,27,32)/b25-10+. The highest BCUT2D eigenvalue weighted by molar-refractivity contribution is 5.98. The van der Waals surface area contributed by atoms with Crippen LogP contribution in [-0.4, -0.2) is 37.4 Å². The summed E-state index contributed by atoms with van der Waals surface area (Å²) in [5.74, 6) is -0.789. The SMILES string of the molecule is Cc1ccc(-c2c(C(=O)N/N=C/c3cccc(C(F)(F)F)c3)nnn2-c2nonc2N)cc1. The predicted octanol–water partition coefficient (Wildman–Crippen LogP) is 2.99. The number of hydrazone groups is 1. The van der Waals surface area contributed by atoms with Gasteiger partial charge in [0.05, 0.1) is 11.8 Å². The molecular weight excluding hydrogens is 441 g/mol. The number of carbonyl (C=O) groups is 1. The number of anilines is 1. The maximum Gasteiger partial charge on any atom is 0.416 e. The molecule has 0 radical (unpaired) electrons. The lowest BCUT2D eigenvalue weighted by Crippen LogP contribution is -2.19. The van der Waals surface area contributed by atoms with E-state index < -0.39 is 17.6 Å². The van der Waals surface area contributed by atoms with Crippen molar-refractivity contribution in [1.29, 1.82) is 0 Å². The number of aromatic nitrogens is 5.